The maximum atomic E-state index is 12.8. The van der Waals surface area contributed by atoms with Crippen LogP contribution in [0.4, 0.5) is 0 Å². The van der Waals surface area contributed by atoms with E-state index in [1.807, 2.05) is 0 Å². The lowest BCUT2D eigenvalue weighted by Crippen LogP contribution is -2.48. The van der Waals surface area contributed by atoms with Gasteiger partial charge in [0, 0.05) is 0 Å². The zero-order valence-electron chi connectivity index (χ0n) is 19.8. The van der Waals surface area contributed by atoms with Crippen LogP contribution in [0.2, 0.25) is 0 Å². The fourth-order valence-electron chi connectivity index (χ4n) is 4.62. The molecule has 1 atom stereocenters. The molecule has 4 nitrogen and oxygen atoms in total. The number of carbonyl (C=O) groups is 2. The fourth-order valence-corrected chi connectivity index (χ4v) is 4.62. The van der Waals surface area contributed by atoms with E-state index in [-0.39, 0.29) is 11.8 Å². The summed E-state index contributed by atoms with van der Waals surface area (Å²) in [5.41, 5.74) is 11.1. The van der Waals surface area contributed by atoms with Gasteiger partial charge in [0.05, 0.1) is 11.3 Å². The molecule has 172 valence electrons. The van der Waals surface area contributed by atoms with Crippen LogP contribution >= 0.6 is 0 Å². The highest BCUT2D eigenvalue weighted by Gasteiger charge is 2.45. The van der Waals surface area contributed by atoms with Gasteiger partial charge in [-0.1, -0.05) is 117 Å². The molecule has 0 spiro atoms. The second-order valence-corrected chi connectivity index (χ2v) is 9.01. The third-order valence-corrected chi connectivity index (χ3v) is 6.55. The molecule has 0 aliphatic rings. The number of hydrogen-bond donors (Lipinski definition) is 2. The molecule has 0 aliphatic carbocycles. The van der Waals surface area contributed by atoms with E-state index in [0.29, 0.717) is 19.3 Å². The molecular formula is C25H50N2O2. The van der Waals surface area contributed by atoms with Gasteiger partial charge in [0.1, 0.15) is 0 Å². The van der Waals surface area contributed by atoms with Crippen molar-refractivity contribution in [1.29, 1.82) is 0 Å². The van der Waals surface area contributed by atoms with Crippen LogP contribution in [0.3, 0.4) is 0 Å². The number of hydrogen-bond acceptors (Lipinski definition) is 2. The number of unbranched alkanes of at least 4 members (excludes halogenated alkanes) is 12. The van der Waals surface area contributed by atoms with E-state index in [1.165, 1.54) is 57.8 Å². The van der Waals surface area contributed by atoms with Gasteiger partial charge in [-0.2, -0.15) is 0 Å². The summed E-state index contributed by atoms with van der Waals surface area (Å²) >= 11 is 0. The Morgan fingerprint density at radius 1 is 0.621 bits per heavy atom. The Labute approximate surface area is 181 Å². The van der Waals surface area contributed by atoms with Gasteiger partial charge in [-0.05, 0) is 19.3 Å². The second-order valence-electron chi connectivity index (χ2n) is 9.01. The van der Waals surface area contributed by atoms with Crippen LogP contribution in [-0.4, -0.2) is 11.8 Å². The Balaban J connectivity index is 5.18. The molecule has 0 heterocycles. The standard InChI is InChI=1S/C25H50N2O2/c1-4-7-10-13-16-19-22(23(26)28)25(24(27)29,20-17-14-11-8-5-2)21-18-15-12-9-6-3/h22H,4-21H2,1-3H3,(H2,26,28)(H2,27,29). The molecule has 0 saturated heterocycles. The molecule has 0 aromatic carbocycles. The van der Waals surface area contributed by atoms with Crippen molar-refractivity contribution in [1.82, 2.24) is 0 Å². The van der Waals surface area contributed by atoms with E-state index in [9.17, 15) is 9.59 Å². The van der Waals surface area contributed by atoms with Crippen LogP contribution < -0.4 is 11.5 Å². The smallest absolute Gasteiger partial charge is 0.224 e. The summed E-state index contributed by atoms with van der Waals surface area (Å²) in [6.07, 6.45) is 19.1. The molecule has 0 rings (SSSR count). The molecule has 0 aromatic rings. The molecule has 0 saturated carbocycles. The molecule has 4 N–H and O–H groups in total. The van der Waals surface area contributed by atoms with Crippen molar-refractivity contribution in [2.75, 3.05) is 0 Å². The largest absolute Gasteiger partial charge is 0.369 e. The predicted molar refractivity (Wildman–Crippen MR) is 124 cm³/mol. The lowest BCUT2D eigenvalue weighted by atomic mass is 9.65. The minimum absolute atomic E-state index is 0.305. The first kappa shape index (κ1) is 27.9. The van der Waals surface area contributed by atoms with Crippen molar-refractivity contribution in [2.45, 2.75) is 136 Å². The fraction of sp³-hybridized carbons (Fsp3) is 0.920. The van der Waals surface area contributed by atoms with Crippen molar-refractivity contribution in [3.8, 4) is 0 Å². The SMILES string of the molecule is CCCCCCCC(C(N)=O)C(CCCCCCC)(CCCCCCC)C(N)=O. The number of primary amides is 2. The minimum Gasteiger partial charge on any atom is -0.369 e. The van der Waals surface area contributed by atoms with Gasteiger partial charge < -0.3 is 11.5 Å². The van der Waals surface area contributed by atoms with Crippen molar-refractivity contribution in [3.63, 3.8) is 0 Å². The zero-order chi connectivity index (χ0) is 22.0. The Morgan fingerprint density at radius 2 is 1.00 bits per heavy atom. The van der Waals surface area contributed by atoms with E-state index >= 15 is 0 Å². The molecule has 1 unspecified atom stereocenters. The number of nitrogens with two attached hydrogens (primary N) is 2. The molecule has 0 radical (unpaired) electrons. The van der Waals surface area contributed by atoms with Gasteiger partial charge in [-0.3, -0.25) is 9.59 Å². The lowest BCUT2D eigenvalue weighted by molar-refractivity contribution is -0.140. The van der Waals surface area contributed by atoms with Crippen molar-refractivity contribution < 1.29 is 9.59 Å². The van der Waals surface area contributed by atoms with Crippen molar-refractivity contribution in [2.24, 2.45) is 22.8 Å². The number of carbonyl (C=O) groups excluding carboxylic acids is 2. The van der Waals surface area contributed by atoms with E-state index in [4.69, 9.17) is 11.5 Å². The van der Waals surface area contributed by atoms with Crippen molar-refractivity contribution in [3.05, 3.63) is 0 Å². The van der Waals surface area contributed by atoms with Crippen LogP contribution in [0.25, 0.3) is 0 Å². The molecule has 0 bridgehead atoms. The first-order valence-electron chi connectivity index (χ1n) is 12.5. The van der Waals surface area contributed by atoms with Crippen LogP contribution in [0, 0.1) is 11.3 Å². The van der Waals surface area contributed by atoms with Gasteiger partial charge in [0.25, 0.3) is 0 Å². The van der Waals surface area contributed by atoms with Crippen LogP contribution in [-0.2, 0) is 9.59 Å². The molecule has 2 amide bonds. The second kappa shape index (κ2) is 17.8. The molecule has 4 heteroatoms. The third-order valence-electron chi connectivity index (χ3n) is 6.55. The monoisotopic (exact) mass is 410 g/mol. The first-order chi connectivity index (χ1) is 14.0. The van der Waals surface area contributed by atoms with Crippen LogP contribution in [0.5, 0.6) is 0 Å². The van der Waals surface area contributed by atoms with Gasteiger partial charge in [-0.15, -0.1) is 0 Å². The number of rotatable bonds is 21. The molecular weight excluding hydrogens is 360 g/mol. The summed E-state index contributed by atoms with van der Waals surface area (Å²) in [6, 6.07) is 0. The van der Waals surface area contributed by atoms with Crippen LogP contribution in [0.15, 0.2) is 0 Å². The topological polar surface area (TPSA) is 86.2 Å². The average Bonchev–Trinajstić information content (AvgIpc) is 2.68. The summed E-state index contributed by atoms with van der Waals surface area (Å²) in [5.74, 6) is -1.05. The Bertz CT molecular complexity index is 409. The van der Waals surface area contributed by atoms with E-state index in [0.717, 1.165) is 38.5 Å². The van der Waals surface area contributed by atoms with Crippen molar-refractivity contribution >= 4 is 11.8 Å². The summed E-state index contributed by atoms with van der Waals surface area (Å²) in [6.45, 7) is 6.60. The number of amides is 2. The summed E-state index contributed by atoms with van der Waals surface area (Å²) in [7, 11) is 0. The Hall–Kier alpha value is -1.06. The quantitative estimate of drug-likeness (QED) is 0.208. The summed E-state index contributed by atoms with van der Waals surface area (Å²) in [5, 5.41) is 0. The Kier molecular flexibility index (Phi) is 17.1. The summed E-state index contributed by atoms with van der Waals surface area (Å²) < 4.78 is 0. The highest BCUT2D eigenvalue weighted by Crippen LogP contribution is 2.42. The van der Waals surface area contributed by atoms with E-state index in [1.54, 1.807) is 0 Å². The van der Waals surface area contributed by atoms with Crippen LogP contribution in [0.1, 0.15) is 136 Å². The van der Waals surface area contributed by atoms with Gasteiger partial charge in [0.2, 0.25) is 11.8 Å². The van der Waals surface area contributed by atoms with Gasteiger partial charge in [0.15, 0.2) is 0 Å². The minimum atomic E-state index is -0.755. The molecule has 0 aromatic heterocycles. The summed E-state index contributed by atoms with van der Waals surface area (Å²) in [4.78, 5) is 25.2. The van der Waals surface area contributed by atoms with Gasteiger partial charge >= 0.3 is 0 Å². The maximum absolute atomic E-state index is 12.8. The molecule has 29 heavy (non-hydrogen) atoms. The first-order valence-corrected chi connectivity index (χ1v) is 12.5. The third kappa shape index (κ3) is 11.6. The molecule has 0 aliphatic heterocycles. The van der Waals surface area contributed by atoms with E-state index < -0.39 is 11.3 Å². The zero-order valence-corrected chi connectivity index (χ0v) is 19.8. The van der Waals surface area contributed by atoms with E-state index in [2.05, 4.69) is 20.8 Å². The predicted octanol–water partition coefficient (Wildman–Crippen LogP) is 6.64. The highest BCUT2D eigenvalue weighted by molar-refractivity contribution is 5.89. The van der Waals surface area contributed by atoms with Gasteiger partial charge in [-0.25, -0.2) is 0 Å². The lowest BCUT2D eigenvalue weighted by Gasteiger charge is -2.37. The normalized spacial score (nSPS) is 12.8. The maximum Gasteiger partial charge on any atom is 0.224 e. The average molecular weight is 411 g/mol. The Morgan fingerprint density at radius 3 is 1.34 bits per heavy atom. The highest BCUT2D eigenvalue weighted by atomic mass is 16.2. The molecule has 0 fully saturated rings.